The van der Waals surface area contributed by atoms with Crippen molar-refractivity contribution in [2.24, 2.45) is 0 Å². The molecule has 0 bridgehead atoms. The van der Waals surface area contributed by atoms with E-state index in [1.807, 2.05) is 6.07 Å². The van der Waals surface area contributed by atoms with E-state index in [1.165, 1.54) is 100 Å². The van der Waals surface area contributed by atoms with Crippen LogP contribution in [0.15, 0.2) is 168 Å². The monoisotopic (exact) mass is 731 g/mol. The Morgan fingerprint density at radius 3 is 1.63 bits per heavy atom. The highest BCUT2D eigenvalue weighted by molar-refractivity contribution is 6.14. The van der Waals surface area contributed by atoms with Crippen LogP contribution in [-0.4, -0.2) is 0 Å². The van der Waals surface area contributed by atoms with Crippen molar-refractivity contribution in [2.45, 2.75) is 44.9 Å². The van der Waals surface area contributed by atoms with Crippen molar-refractivity contribution in [3.63, 3.8) is 0 Å². The van der Waals surface area contributed by atoms with E-state index < -0.39 is 0 Å². The largest absolute Gasteiger partial charge is 0.456 e. The molecule has 0 aliphatic heterocycles. The first kappa shape index (κ1) is 32.6. The molecule has 12 rings (SSSR count). The summed E-state index contributed by atoms with van der Waals surface area (Å²) in [5.41, 5.74) is 23.9. The van der Waals surface area contributed by atoms with Gasteiger partial charge in [0, 0.05) is 38.7 Å². The molecule has 0 radical (unpaired) electrons. The second kappa shape index (κ2) is 11.5. The molecule has 0 N–H and O–H groups in total. The normalized spacial score (nSPS) is 14.9. The summed E-state index contributed by atoms with van der Waals surface area (Å²) in [6.07, 6.45) is 0.927. The molecule has 1 aromatic heterocycles. The molecule has 2 heteroatoms. The average molecular weight is 732 g/mol. The van der Waals surface area contributed by atoms with E-state index in [0.717, 1.165) is 23.3 Å². The Kier molecular flexibility index (Phi) is 6.55. The van der Waals surface area contributed by atoms with Crippen molar-refractivity contribution in [3.05, 3.63) is 197 Å². The maximum absolute atomic E-state index is 6.27. The zero-order chi connectivity index (χ0) is 38.2. The van der Waals surface area contributed by atoms with Gasteiger partial charge in [-0.25, -0.2) is 0 Å². The summed E-state index contributed by atoms with van der Waals surface area (Å²) < 4.78 is 6.27. The number of para-hydroxylation sites is 1. The molecule has 9 aromatic rings. The van der Waals surface area contributed by atoms with Gasteiger partial charge in [-0.3, -0.25) is 0 Å². The first-order valence-electron chi connectivity index (χ1n) is 20.2. The van der Waals surface area contributed by atoms with Crippen LogP contribution < -0.4 is 4.90 Å². The molecule has 8 aromatic carbocycles. The minimum atomic E-state index is -0.0945. The second-order valence-corrected chi connectivity index (χ2v) is 17.3. The molecule has 3 aliphatic rings. The Morgan fingerprint density at radius 1 is 0.421 bits per heavy atom. The van der Waals surface area contributed by atoms with Crippen molar-refractivity contribution in [1.82, 2.24) is 0 Å². The van der Waals surface area contributed by atoms with Gasteiger partial charge in [0.1, 0.15) is 11.2 Å². The average Bonchev–Trinajstić information content (AvgIpc) is 3.93. The molecular weight excluding hydrogens is 691 g/mol. The fraction of sp³-hybridized carbons (Fsp3) is 0.127. The first-order valence-corrected chi connectivity index (χ1v) is 20.2. The number of fused-ring (bicyclic) bond motifs is 13. The van der Waals surface area contributed by atoms with E-state index in [4.69, 9.17) is 4.42 Å². The Balaban J connectivity index is 0.960. The van der Waals surface area contributed by atoms with Gasteiger partial charge < -0.3 is 9.32 Å². The summed E-state index contributed by atoms with van der Waals surface area (Å²) in [5.74, 6) is 0. The number of rotatable bonds is 4. The molecule has 57 heavy (non-hydrogen) atoms. The van der Waals surface area contributed by atoms with E-state index >= 15 is 0 Å². The zero-order valence-electron chi connectivity index (χ0n) is 32.7. The van der Waals surface area contributed by atoms with Gasteiger partial charge >= 0.3 is 0 Å². The number of hydrogen-bond acceptors (Lipinski definition) is 2. The third-order valence-corrected chi connectivity index (χ3v) is 13.5. The minimum Gasteiger partial charge on any atom is -0.456 e. The van der Waals surface area contributed by atoms with Crippen LogP contribution in [0.2, 0.25) is 0 Å². The standard InChI is InChI=1S/C55H41NO/c1-54(2)46-14-8-5-11-41(46)43-26-23-38(31-48(43)54)56(39-24-27-44-42-12-6-9-15-47(42)55(3,4)49(44)32-39)37-21-17-33(18-22-37)34-19-25-40-36(29-34)30-35-20-28-51-53(52(35)40)45-13-7-10-16-50(45)57-51/h5-29,31-32H,30H2,1-4H3. The minimum absolute atomic E-state index is 0.0945. The highest BCUT2D eigenvalue weighted by Crippen LogP contribution is 2.53. The number of nitrogens with zero attached hydrogens (tertiary/aromatic N) is 1. The maximum atomic E-state index is 6.27. The lowest BCUT2D eigenvalue weighted by atomic mass is 9.82. The van der Waals surface area contributed by atoms with Crippen molar-refractivity contribution in [1.29, 1.82) is 0 Å². The summed E-state index contributed by atoms with van der Waals surface area (Å²) >= 11 is 0. The zero-order valence-corrected chi connectivity index (χ0v) is 32.7. The molecule has 0 fully saturated rings. The summed E-state index contributed by atoms with van der Waals surface area (Å²) in [7, 11) is 0. The number of benzene rings is 8. The van der Waals surface area contributed by atoms with Gasteiger partial charge in [-0.05, 0) is 133 Å². The predicted octanol–water partition coefficient (Wildman–Crippen LogP) is 14.9. The molecule has 0 atom stereocenters. The Hall–Kier alpha value is -6.64. The highest BCUT2D eigenvalue weighted by Gasteiger charge is 2.38. The van der Waals surface area contributed by atoms with E-state index in [0.29, 0.717) is 0 Å². The van der Waals surface area contributed by atoms with Crippen molar-refractivity contribution in [2.75, 3.05) is 4.90 Å². The van der Waals surface area contributed by atoms with Crippen LogP contribution in [0.1, 0.15) is 61.1 Å². The predicted molar refractivity (Wildman–Crippen MR) is 237 cm³/mol. The molecule has 0 saturated heterocycles. The molecule has 1 heterocycles. The van der Waals surface area contributed by atoms with Crippen molar-refractivity contribution < 1.29 is 4.42 Å². The van der Waals surface area contributed by atoms with Gasteiger partial charge in [-0.15, -0.1) is 0 Å². The lowest BCUT2D eigenvalue weighted by Gasteiger charge is -2.30. The lowest BCUT2D eigenvalue weighted by Crippen LogP contribution is -2.18. The summed E-state index contributed by atoms with van der Waals surface area (Å²) in [5, 5.41) is 2.42. The topological polar surface area (TPSA) is 16.4 Å². The summed E-state index contributed by atoms with van der Waals surface area (Å²) in [4.78, 5) is 2.46. The molecule has 0 unspecified atom stereocenters. The van der Waals surface area contributed by atoms with Crippen LogP contribution in [-0.2, 0) is 17.3 Å². The van der Waals surface area contributed by atoms with Gasteiger partial charge in [-0.2, -0.15) is 0 Å². The van der Waals surface area contributed by atoms with Crippen LogP contribution in [0.5, 0.6) is 0 Å². The van der Waals surface area contributed by atoms with Crippen LogP contribution in [0.3, 0.4) is 0 Å². The van der Waals surface area contributed by atoms with Crippen LogP contribution in [0.25, 0.3) is 66.4 Å². The van der Waals surface area contributed by atoms with Crippen LogP contribution in [0.4, 0.5) is 17.1 Å². The third kappa shape index (κ3) is 4.53. The number of anilines is 3. The Morgan fingerprint density at radius 2 is 0.965 bits per heavy atom. The Labute approximate surface area is 333 Å². The van der Waals surface area contributed by atoms with Crippen molar-refractivity contribution in [3.8, 4) is 44.5 Å². The maximum Gasteiger partial charge on any atom is 0.136 e. The van der Waals surface area contributed by atoms with Gasteiger partial charge in [0.05, 0.1) is 0 Å². The Bertz CT molecular complexity index is 3050. The molecule has 0 amide bonds. The molecule has 0 saturated carbocycles. The van der Waals surface area contributed by atoms with E-state index in [1.54, 1.807) is 0 Å². The molecular formula is C55H41NO. The van der Waals surface area contributed by atoms with Gasteiger partial charge in [-0.1, -0.05) is 143 Å². The smallest absolute Gasteiger partial charge is 0.136 e. The SMILES string of the molecule is CC1(C)c2ccccc2-c2ccc(N(c3ccc(-c4ccc5c(c4)Cc4ccc6oc7ccccc7c6c4-5)cc3)c3ccc4c(c3)C(C)(C)c3ccccc3-4)cc21. The molecule has 3 aliphatic carbocycles. The quantitative estimate of drug-likeness (QED) is 0.179. The molecule has 0 spiro atoms. The van der Waals surface area contributed by atoms with Gasteiger partial charge in [0.2, 0.25) is 0 Å². The summed E-state index contributed by atoms with van der Waals surface area (Å²) in [6.45, 7) is 9.46. The first-order chi connectivity index (χ1) is 27.8. The van der Waals surface area contributed by atoms with E-state index in [9.17, 15) is 0 Å². The lowest BCUT2D eigenvalue weighted by molar-refractivity contribution is 0.660. The van der Waals surface area contributed by atoms with E-state index in [-0.39, 0.29) is 10.8 Å². The highest BCUT2D eigenvalue weighted by atomic mass is 16.3. The summed E-state index contributed by atoms with van der Waals surface area (Å²) in [6, 6.07) is 61.0. The van der Waals surface area contributed by atoms with Crippen LogP contribution in [0, 0.1) is 0 Å². The van der Waals surface area contributed by atoms with Crippen LogP contribution >= 0.6 is 0 Å². The molecule has 2 nitrogen and oxygen atoms in total. The fourth-order valence-electron chi connectivity index (χ4n) is 10.6. The third-order valence-electron chi connectivity index (χ3n) is 13.5. The van der Waals surface area contributed by atoms with Gasteiger partial charge in [0.25, 0.3) is 0 Å². The van der Waals surface area contributed by atoms with Gasteiger partial charge in [0.15, 0.2) is 0 Å². The molecule has 272 valence electrons. The van der Waals surface area contributed by atoms with E-state index in [2.05, 4.69) is 190 Å². The van der Waals surface area contributed by atoms with Crippen molar-refractivity contribution >= 4 is 39.0 Å². The number of hydrogen-bond donors (Lipinski definition) is 0. The number of furan rings is 1. The second-order valence-electron chi connectivity index (χ2n) is 17.3. The fourth-order valence-corrected chi connectivity index (χ4v) is 10.6.